The lowest BCUT2D eigenvalue weighted by molar-refractivity contribution is 0.194. The van der Waals surface area contributed by atoms with Gasteiger partial charge in [-0.15, -0.1) is 0 Å². The van der Waals surface area contributed by atoms with Crippen LogP contribution in [-0.2, 0) is 11.3 Å². The highest BCUT2D eigenvalue weighted by Gasteiger charge is 1.99. The van der Waals surface area contributed by atoms with Crippen molar-refractivity contribution in [2.75, 3.05) is 20.3 Å². The zero-order chi connectivity index (χ0) is 11.1. The first-order valence-corrected chi connectivity index (χ1v) is 5.67. The second-order valence-electron chi connectivity index (χ2n) is 3.27. The molecular formula is C11H15BrFNO. The summed E-state index contributed by atoms with van der Waals surface area (Å²) in [7, 11) is 1.69. The average Bonchev–Trinajstić information content (AvgIpc) is 2.23. The predicted octanol–water partition coefficient (Wildman–Crippen LogP) is 2.71. The van der Waals surface area contributed by atoms with Crippen LogP contribution in [0.5, 0.6) is 0 Å². The summed E-state index contributed by atoms with van der Waals surface area (Å²) in [6.07, 6.45) is 0.985. The summed E-state index contributed by atoms with van der Waals surface area (Å²) < 4.78 is 18.3. The summed E-state index contributed by atoms with van der Waals surface area (Å²) in [4.78, 5) is 0. The minimum absolute atomic E-state index is 0.224. The molecule has 1 rings (SSSR count). The fourth-order valence-electron chi connectivity index (χ4n) is 1.22. The van der Waals surface area contributed by atoms with Gasteiger partial charge >= 0.3 is 0 Å². The molecule has 0 bridgehead atoms. The summed E-state index contributed by atoms with van der Waals surface area (Å²) >= 11 is 3.16. The van der Waals surface area contributed by atoms with Gasteiger partial charge in [-0.1, -0.05) is 6.07 Å². The van der Waals surface area contributed by atoms with Gasteiger partial charge in [-0.05, 0) is 46.6 Å². The molecule has 84 valence electrons. The van der Waals surface area contributed by atoms with E-state index in [2.05, 4.69) is 21.2 Å². The Bertz CT molecular complexity index is 307. The number of halogens is 2. The highest BCUT2D eigenvalue weighted by Crippen LogP contribution is 2.16. The first-order valence-electron chi connectivity index (χ1n) is 4.87. The molecule has 0 saturated carbocycles. The summed E-state index contributed by atoms with van der Waals surface area (Å²) in [5.74, 6) is -0.224. The minimum atomic E-state index is -0.224. The zero-order valence-corrected chi connectivity index (χ0v) is 10.3. The maximum atomic E-state index is 12.9. The average molecular weight is 276 g/mol. The van der Waals surface area contributed by atoms with Gasteiger partial charge in [0.05, 0.1) is 4.47 Å². The molecule has 0 saturated heterocycles. The zero-order valence-electron chi connectivity index (χ0n) is 8.72. The number of hydrogen-bond acceptors (Lipinski definition) is 2. The fraction of sp³-hybridized carbons (Fsp3) is 0.455. The maximum absolute atomic E-state index is 12.9. The third kappa shape index (κ3) is 4.73. The largest absolute Gasteiger partial charge is 0.385 e. The first-order chi connectivity index (χ1) is 7.24. The first kappa shape index (κ1) is 12.6. The molecule has 0 aliphatic heterocycles. The highest BCUT2D eigenvalue weighted by atomic mass is 79.9. The van der Waals surface area contributed by atoms with E-state index in [1.807, 2.05) is 0 Å². The van der Waals surface area contributed by atoms with Gasteiger partial charge in [0.2, 0.25) is 0 Å². The van der Waals surface area contributed by atoms with Crippen LogP contribution in [-0.4, -0.2) is 20.3 Å². The molecule has 0 amide bonds. The fourth-order valence-corrected chi connectivity index (χ4v) is 1.65. The molecule has 0 radical (unpaired) electrons. The van der Waals surface area contributed by atoms with Crippen molar-refractivity contribution in [3.8, 4) is 0 Å². The number of benzene rings is 1. The van der Waals surface area contributed by atoms with Crippen molar-refractivity contribution in [2.45, 2.75) is 13.0 Å². The monoisotopic (exact) mass is 275 g/mol. The van der Waals surface area contributed by atoms with Crippen LogP contribution in [0, 0.1) is 5.82 Å². The van der Waals surface area contributed by atoms with Gasteiger partial charge in [-0.3, -0.25) is 0 Å². The van der Waals surface area contributed by atoms with Crippen molar-refractivity contribution >= 4 is 15.9 Å². The van der Waals surface area contributed by atoms with Crippen LogP contribution in [0.25, 0.3) is 0 Å². The quantitative estimate of drug-likeness (QED) is 0.807. The lowest BCUT2D eigenvalue weighted by Gasteiger charge is -2.05. The Morgan fingerprint density at radius 2 is 2.27 bits per heavy atom. The molecular weight excluding hydrogens is 261 g/mol. The smallest absolute Gasteiger partial charge is 0.137 e. The normalized spacial score (nSPS) is 10.6. The van der Waals surface area contributed by atoms with E-state index in [4.69, 9.17) is 4.74 Å². The predicted molar refractivity (Wildman–Crippen MR) is 62.3 cm³/mol. The van der Waals surface area contributed by atoms with Crippen LogP contribution in [0.3, 0.4) is 0 Å². The molecule has 0 spiro atoms. The summed E-state index contributed by atoms with van der Waals surface area (Å²) in [5, 5.41) is 3.26. The van der Waals surface area contributed by atoms with E-state index in [0.717, 1.165) is 31.7 Å². The second-order valence-corrected chi connectivity index (χ2v) is 4.13. The highest BCUT2D eigenvalue weighted by molar-refractivity contribution is 9.10. The molecule has 0 aromatic heterocycles. The van der Waals surface area contributed by atoms with Crippen LogP contribution in [0.2, 0.25) is 0 Å². The SMILES string of the molecule is COCCCNCc1ccc(F)c(Br)c1. The van der Waals surface area contributed by atoms with Gasteiger partial charge in [0.1, 0.15) is 5.82 Å². The Labute approximate surface area is 98.0 Å². The van der Waals surface area contributed by atoms with E-state index < -0.39 is 0 Å². The van der Waals surface area contributed by atoms with Gasteiger partial charge in [0.15, 0.2) is 0 Å². The number of nitrogens with one attached hydrogen (secondary N) is 1. The molecule has 2 nitrogen and oxygen atoms in total. The number of hydrogen-bond donors (Lipinski definition) is 1. The van der Waals surface area contributed by atoms with Gasteiger partial charge in [0.25, 0.3) is 0 Å². The van der Waals surface area contributed by atoms with Gasteiger partial charge in [0, 0.05) is 20.3 Å². The van der Waals surface area contributed by atoms with E-state index >= 15 is 0 Å². The van der Waals surface area contributed by atoms with Crippen LogP contribution >= 0.6 is 15.9 Å². The molecule has 1 aromatic carbocycles. The Hall–Kier alpha value is -0.450. The third-order valence-corrected chi connectivity index (χ3v) is 2.62. The van der Waals surface area contributed by atoms with Gasteiger partial charge < -0.3 is 10.1 Å². The van der Waals surface area contributed by atoms with Crippen molar-refractivity contribution in [3.05, 3.63) is 34.1 Å². The van der Waals surface area contributed by atoms with E-state index in [1.165, 1.54) is 6.07 Å². The number of ether oxygens (including phenoxy) is 1. The Balaban J connectivity index is 2.28. The molecule has 0 fully saturated rings. The standard InChI is InChI=1S/C11H15BrFNO/c1-15-6-2-5-14-8-9-3-4-11(13)10(12)7-9/h3-4,7,14H,2,5-6,8H2,1H3. The molecule has 4 heteroatoms. The van der Waals surface area contributed by atoms with Crippen molar-refractivity contribution in [1.82, 2.24) is 5.32 Å². The minimum Gasteiger partial charge on any atom is -0.385 e. The number of rotatable bonds is 6. The van der Waals surface area contributed by atoms with E-state index in [0.29, 0.717) is 4.47 Å². The Morgan fingerprint density at radius 3 is 2.93 bits per heavy atom. The topological polar surface area (TPSA) is 21.3 Å². The molecule has 1 aromatic rings. The molecule has 1 N–H and O–H groups in total. The summed E-state index contributed by atoms with van der Waals surface area (Å²) in [6, 6.07) is 5.04. The van der Waals surface area contributed by atoms with E-state index in [9.17, 15) is 4.39 Å². The lowest BCUT2D eigenvalue weighted by Crippen LogP contribution is -2.16. The molecule has 0 atom stereocenters. The lowest BCUT2D eigenvalue weighted by atomic mass is 10.2. The van der Waals surface area contributed by atoms with Gasteiger partial charge in [-0.2, -0.15) is 0 Å². The van der Waals surface area contributed by atoms with Crippen LogP contribution in [0.1, 0.15) is 12.0 Å². The number of methoxy groups -OCH3 is 1. The maximum Gasteiger partial charge on any atom is 0.137 e. The third-order valence-electron chi connectivity index (χ3n) is 2.02. The second kappa shape index (κ2) is 6.93. The van der Waals surface area contributed by atoms with E-state index in [-0.39, 0.29) is 5.82 Å². The Morgan fingerprint density at radius 1 is 1.47 bits per heavy atom. The van der Waals surface area contributed by atoms with Gasteiger partial charge in [-0.25, -0.2) is 4.39 Å². The summed E-state index contributed by atoms with van der Waals surface area (Å²) in [5.41, 5.74) is 1.07. The Kier molecular flexibility index (Phi) is 5.83. The molecule has 0 unspecified atom stereocenters. The van der Waals surface area contributed by atoms with Crippen molar-refractivity contribution in [3.63, 3.8) is 0 Å². The van der Waals surface area contributed by atoms with Crippen molar-refractivity contribution < 1.29 is 9.13 Å². The molecule has 0 aliphatic carbocycles. The van der Waals surface area contributed by atoms with E-state index in [1.54, 1.807) is 19.2 Å². The van der Waals surface area contributed by atoms with Crippen LogP contribution in [0.4, 0.5) is 4.39 Å². The molecule has 0 aliphatic rings. The van der Waals surface area contributed by atoms with Crippen LogP contribution in [0.15, 0.2) is 22.7 Å². The molecule has 15 heavy (non-hydrogen) atoms. The van der Waals surface area contributed by atoms with Crippen LogP contribution < -0.4 is 5.32 Å². The van der Waals surface area contributed by atoms with Crippen molar-refractivity contribution in [1.29, 1.82) is 0 Å². The summed E-state index contributed by atoms with van der Waals surface area (Å²) in [6.45, 7) is 2.42. The van der Waals surface area contributed by atoms with Crippen molar-refractivity contribution in [2.24, 2.45) is 0 Å². The molecule has 0 heterocycles.